The molecule has 0 aliphatic rings. The summed E-state index contributed by atoms with van der Waals surface area (Å²) in [5, 5.41) is 7.14. The lowest BCUT2D eigenvalue weighted by Gasteiger charge is -2.11. The second-order valence-corrected chi connectivity index (χ2v) is 6.44. The summed E-state index contributed by atoms with van der Waals surface area (Å²) >= 11 is 6.69. The van der Waals surface area contributed by atoms with Gasteiger partial charge in [0.25, 0.3) is 0 Å². The van der Waals surface area contributed by atoms with E-state index in [1.54, 1.807) is 11.3 Å². The summed E-state index contributed by atoms with van der Waals surface area (Å²) < 4.78 is 5.06. The first-order chi connectivity index (χ1) is 7.29. The second-order valence-electron chi connectivity index (χ2n) is 3.07. The largest absolute Gasteiger partial charge is 0.312 e. The molecule has 0 aliphatic heterocycles. The maximum absolute atomic E-state index is 3.88. The number of likely N-dealkylation sites (N-methyl/N-ethyl adjacent to an activating group) is 1. The molecule has 1 unspecified atom stereocenters. The molecule has 0 aliphatic carbocycles. The van der Waals surface area contributed by atoms with Gasteiger partial charge in [0.05, 0.1) is 14.9 Å². The van der Waals surface area contributed by atoms with E-state index in [4.69, 9.17) is 0 Å². The lowest BCUT2D eigenvalue weighted by Crippen LogP contribution is -2.17. The lowest BCUT2D eigenvalue weighted by molar-refractivity contribution is 0.605. The number of halogens is 1. The highest BCUT2D eigenvalue weighted by atomic mass is 79.9. The SMILES string of the molecule is CNC(Cc1ccc(Br)s1)c1cnns1. The molecule has 2 aromatic rings. The zero-order chi connectivity index (χ0) is 10.7. The summed E-state index contributed by atoms with van der Waals surface area (Å²) in [6, 6.07) is 4.54. The standard InChI is InChI=1S/C9H10BrN3S2/c1-11-7(8-5-12-13-15-8)4-6-2-3-9(10)14-6/h2-3,5,7,11H,4H2,1H3. The summed E-state index contributed by atoms with van der Waals surface area (Å²) in [6.45, 7) is 0. The monoisotopic (exact) mass is 303 g/mol. The van der Waals surface area contributed by atoms with E-state index in [2.05, 4.69) is 43.0 Å². The van der Waals surface area contributed by atoms with E-state index < -0.39 is 0 Å². The van der Waals surface area contributed by atoms with Crippen molar-refractivity contribution in [3.63, 3.8) is 0 Å². The van der Waals surface area contributed by atoms with E-state index in [1.165, 1.54) is 25.1 Å². The van der Waals surface area contributed by atoms with Crippen molar-refractivity contribution < 1.29 is 0 Å². The molecule has 0 fully saturated rings. The molecule has 2 rings (SSSR count). The topological polar surface area (TPSA) is 37.8 Å². The van der Waals surface area contributed by atoms with E-state index in [1.807, 2.05) is 13.2 Å². The molecular formula is C9H10BrN3S2. The number of aromatic nitrogens is 2. The lowest BCUT2D eigenvalue weighted by atomic mass is 10.1. The Morgan fingerprint density at radius 3 is 2.93 bits per heavy atom. The average Bonchev–Trinajstić information content (AvgIpc) is 2.85. The van der Waals surface area contributed by atoms with Gasteiger partial charge in [-0.3, -0.25) is 0 Å². The number of hydrogen-bond acceptors (Lipinski definition) is 5. The van der Waals surface area contributed by atoms with Crippen molar-refractivity contribution >= 4 is 38.8 Å². The first-order valence-electron chi connectivity index (χ1n) is 4.48. The predicted molar refractivity (Wildman–Crippen MR) is 67.4 cm³/mol. The number of thiophene rings is 1. The summed E-state index contributed by atoms with van der Waals surface area (Å²) in [5.41, 5.74) is 0. The van der Waals surface area contributed by atoms with Crippen LogP contribution < -0.4 is 5.32 Å². The highest BCUT2D eigenvalue weighted by molar-refractivity contribution is 9.11. The summed E-state index contributed by atoms with van der Waals surface area (Å²) in [5.74, 6) is 0. The molecule has 80 valence electrons. The number of nitrogens with one attached hydrogen (secondary N) is 1. The molecule has 2 heterocycles. The first kappa shape index (κ1) is 11.2. The van der Waals surface area contributed by atoms with E-state index >= 15 is 0 Å². The summed E-state index contributed by atoms with van der Waals surface area (Å²) in [6.07, 6.45) is 2.81. The van der Waals surface area contributed by atoms with Crippen LogP contribution in [0.1, 0.15) is 15.8 Å². The molecule has 0 bridgehead atoms. The molecule has 0 spiro atoms. The van der Waals surface area contributed by atoms with Crippen LogP contribution in [0.4, 0.5) is 0 Å². The molecule has 0 amide bonds. The van der Waals surface area contributed by atoms with Gasteiger partial charge in [0.2, 0.25) is 0 Å². The van der Waals surface area contributed by atoms with Crippen LogP contribution in [-0.2, 0) is 6.42 Å². The van der Waals surface area contributed by atoms with Crippen molar-refractivity contribution in [2.75, 3.05) is 7.05 Å². The normalized spacial score (nSPS) is 12.9. The molecular weight excluding hydrogens is 294 g/mol. The summed E-state index contributed by atoms with van der Waals surface area (Å²) in [7, 11) is 1.97. The fraction of sp³-hybridized carbons (Fsp3) is 0.333. The van der Waals surface area contributed by atoms with Gasteiger partial charge in [-0.05, 0) is 46.6 Å². The van der Waals surface area contributed by atoms with Gasteiger partial charge in [-0.1, -0.05) is 4.49 Å². The van der Waals surface area contributed by atoms with Crippen molar-refractivity contribution in [2.24, 2.45) is 0 Å². The summed E-state index contributed by atoms with van der Waals surface area (Å²) in [4.78, 5) is 2.54. The Morgan fingerprint density at radius 1 is 1.53 bits per heavy atom. The molecule has 3 nitrogen and oxygen atoms in total. The molecule has 0 aromatic carbocycles. The maximum atomic E-state index is 3.88. The van der Waals surface area contributed by atoms with Crippen molar-refractivity contribution in [1.82, 2.24) is 14.9 Å². The molecule has 6 heteroatoms. The highest BCUT2D eigenvalue weighted by Gasteiger charge is 2.13. The van der Waals surface area contributed by atoms with Gasteiger partial charge < -0.3 is 5.32 Å². The first-order valence-corrected chi connectivity index (χ1v) is 6.86. The van der Waals surface area contributed by atoms with Crippen molar-refractivity contribution in [1.29, 1.82) is 0 Å². The third-order valence-electron chi connectivity index (χ3n) is 2.10. The van der Waals surface area contributed by atoms with Gasteiger partial charge in [0.15, 0.2) is 0 Å². The van der Waals surface area contributed by atoms with Gasteiger partial charge in [-0.25, -0.2) is 0 Å². The predicted octanol–water partition coefficient (Wildman–Crippen LogP) is 2.87. The Morgan fingerprint density at radius 2 is 2.40 bits per heavy atom. The third-order valence-corrected chi connectivity index (χ3v) is 4.53. The van der Waals surface area contributed by atoms with E-state index in [9.17, 15) is 0 Å². The zero-order valence-electron chi connectivity index (χ0n) is 8.11. The smallest absolute Gasteiger partial charge is 0.0701 e. The Hall–Kier alpha value is -0.300. The van der Waals surface area contributed by atoms with Gasteiger partial charge in [-0.2, -0.15) is 0 Å². The Bertz CT molecular complexity index is 413. The number of hydrogen-bond donors (Lipinski definition) is 1. The van der Waals surface area contributed by atoms with Crippen LogP contribution in [-0.4, -0.2) is 16.6 Å². The van der Waals surface area contributed by atoms with E-state index in [0.717, 1.165) is 6.42 Å². The second kappa shape index (κ2) is 5.16. The van der Waals surface area contributed by atoms with Gasteiger partial charge in [0.1, 0.15) is 0 Å². The van der Waals surface area contributed by atoms with Crippen LogP contribution in [0.5, 0.6) is 0 Å². The fourth-order valence-corrected chi connectivity index (χ4v) is 3.48. The van der Waals surface area contributed by atoms with Crippen LogP contribution >= 0.6 is 38.8 Å². The van der Waals surface area contributed by atoms with Gasteiger partial charge in [-0.15, -0.1) is 16.4 Å². The van der Waals surface area contributed by atoms with Gasteiger partial charge >= 0.3 is 0 Å². The van der Waals surface area contributed by atoms with Crippen LogP contribution in [0.25, 0.3) is 0 Å². The molecule has 15 heavy (non-hydrogen) atoms. The Kier molecular flexibility index (Phi) is 3.85. The number of nitrogens with zero attached hydrogens (tertiary/aromatic N) is 2. The van der Waals surface area contributed by atoms with Crippen LogP contribution in [0.2, 0.25) is 0 Å². The molecule has 0 saturated carbocycles. The fourth-order valence-electron chi connectivity index (χ4n) is 1.34. The molecule has 1 atom stereocenters. The minimum absolute atomic E-state index is 0.315. The van der Waals surface area contributed by atoms with Crippen molar-refractivity contribution in [3.8, 4) is 0 Å². The quantitative estimate of drug-likeness (QED) is 0.944. The minimum atomic E-state index is 0.315. The van der Waals surface area contributed by atoms with E-state index in [0.29, 0.717) is 6.04 Å². The van der Waals surface area contributed by atoms with Gasteiger partial charge in [0, 0.05) is 17.3 Å². The van der Waals surface area contributed by atoms with Crippen LogP contribution in [0.3, 0.4) is 0 Å². The molecule has 0 saturated heterocycles. The van der Waals surface area contributed by atoms with Crippen molar-refractivity contribution in [2.45, 2.75) is 12.5 Å². The van der Waals surface area contributed by atoms with E-state index in [-0.39, 0.29) is 0 Å². The van der Waals surface area contributed by atoms with Crippen molar-refractivity contribution in [3.05, 3.63) is 31.9 Å². The molecule has 1 N–H and O–H groups in total. The zero-order valence-corrected chi connectivity index (χ0v) is 11.3. The maximum Gasteiger partial charge on any atom is 0.0701 e. The van der Waals surface area contributed by atoms with Crippen LogP contribution in [0.15, 0.2) is 22.1 Å². The average molecular weight is 304 g/mol. The van der Waals surface area contributed by atoms with Crippen LogP contribution in [0, 0.1) is 0 Å². The molecule has 0 radical (unpaired) electrons. The third kappa shape index (κ3) is 2.84. The molecule has 2 aromatic heterocycles. The Labute approximate surface area is 105 Å². The highest BCUT2D eigenvalue weighted by Crippen LogP contribution is 2.27. The Balaban J connectivity index is 2.09. The number of rotatable bonds is 4. The minimum Gasteiger partial charge on any atom is -0.312 e.